The van der Waals surface area contributed by atoms with Crippen LogP contribution in [0, 0.1) is 6.92 Å². The molecular formula is C29H34BrN3O4S. The third kappa shape index (κ3) is 7.68. The number of hydrogen-bond donors (Lipinski definition) is 1. The van der Waals surface area contributed by atoms with Crippen LogP contribution in [0.4, 0.5) is 5.69 Å². The van der Waals surface area contributed by atoms with Gasteiger partial charge in [0.25, 0.3) is 10.0 Å². The lowest BCUT2D eigenvalue weighted by molar-refractivity contribution is -0.139. The summed E-state index contributed by atoms with van der Waals surface area (Å²) in [6.07, 6.45) is 1.76. The van der Waals surface area contributed by atoms with Crippen molar-refractivity contribution in [1.82, 2.24) is 10.2 Å². The van der Waals surface area contributed by atoms with Gasteiger partial charge in [0.15, 0.2) is 0 Å². The number of nitrogens with zero attached hydrogens (tertiary/aromatic N) is 2. The van der Waals surface area contributed by atoms with Gasteiger partial charge in [-0.05, 0) is 62.2 Å². The number of carbonyl (C=O) groups is 2. The number of aryl methyl sites for hydroxylation is 1. The predicted octanol–water partition coefficient (Wildman–Crippen LogP) is 5.29. The third-order valence-electron chi connectivity index (χ3n) is 6.20. The van der Waals surface area contributed by atoms with E-state index in [0.29, 0.717) is 12.2 Å². The summed E-state index contributed by atoms with van der Waals surface area (Å²) in [7, 11) is -4.08. The lowest BCUT2D eigenvalue weighted by atomic mass is 10.1. The number of carbonyl (C=O) groups excluding carboxylic acids is 2. The second kappa shape index (κ2) is 13.6. The molecule has 2 amide bonds. The van der Waals surface area contributed by atoms with Gasteiger partial charge < -0.3 is 10.2 Å². The molecule has 1 N–H and O–H groups in total. The van der Waals surface area contributed by atoms with Crippen molar-refractivity contribution in [2.24, 2.45) is 0 Å². The molecule has 202 valence electrons. The van der Waals surface area contributed by atoms with Crippen molar-refractivity contribution >= 4 is 43.5 Å². The van der Waals surface area contributed by atoms with Crippen molar-refractivity contribution in [3.05, 3.63) is 94.5 Å². The second-order valence-electron chi connectivity index (χ2n) is 9.13. The van der Waals surface area contributed by atoms with Gasteiger partial charge >= 0.3 is 0 Å². The highest BCUT2D eigenvalue weighted by molar-refractivity contribution is 9.10. The average molecular weight is 601 g/mol. The highest BCUT2D eigenvalue weighted by atomic mass is 79.9. The second-order valence-corrected chi connectivity index (χ2v) is 11.9. The summed E-state index contributed by atoms with van der Waals surface area (Å²) < 4.78 is 29.5. The van der Waals surface area contributed by atoms with E-state index in [1.165, 1.54) is 17.0 Å². The molecule has 0 unspecified atom stereocenters. The molecule has 3 aromatic rings. The molecule has 38 heavy (non-hydrogen) atoms. The fourth-order valence-electron chi connectivity index (χ4n) is 3.87. The fourth-order valence-corrected chi connectivity index (χ4v) is 5.55. The Balaban J connectivity index is 1.97. The molecule has 1 atom stereocenters. The SMILES string of the molecule is CCCCNC(=O)[C@@H](C)N(Cc1ccccc1)C(=O)CN(c1ccc(Br)cc1)S(=O)(=O)c1ccc(C)cc1. The Morgan fingerprint density at radius 1 is 0.947 bits per heavy atom. The minimum absolute atomic E-state index is 0.0822. The van der Waals surface area contributed by atoms with E-state index in [1.54, 1.807) is 43.3 Å². The van der Waals surface area contributed by atoms with Crippen molar-refractivity contribution in [3.8, 4) is 0 Å². The normalized spacial score (nSPS) is 12.0. The maximum absolute atomic E-state index is 13.8. The van der Waals surface area contributed by atoms with Crippen LogP contribution in [-0.4, -0.2) is 44.3 Å². The van der Waals surface area contributed by atoms with Gasteiger partial charge in [0, 0.05) is 17.6 Å². The first-order chi connectivity index (χ1) is 18.1. The molecule has 7 nitrogen and oxygen atoms in total. The van der Waals surface area contributed by atoms with Crippen LogP contribution >= 0.6 is 15.9 Å². The molecule has 3 rings (SSSR count). The Kier molecular flexibility index (Phi) is 10.5. The molecule has 0 fully saturated rings. The minimum atomic E-state index is -4.08. The standard InChI is InChI=1S/C29H34BrN3O4S/c1-4-5-19-31-29(35)23(3)32(20-24-9-7-6-8-10-24)28(34)21-33(26-15-13-25(30)14-16-26)38(36,37)27-17-11-22(2)12-18-27/h6-18,23H,4-5,19-21H2,1-3H3,(H,31,35)/t23-/m1/s1. The summed E-state index contributed by atoms with van der Waals surface area (Å²) >= 11 is 3.38. The maximum Gasteiger partial charge on any atom is 0.264 e. The van der Waals surface area contributed by atoms with E-state index in [-0.39, 0.29) is 17.3 Å². The molecule has 3 aromatic carbocycles. The molecule has 0 spiro atoms. The molecule has 9 heteroatoms. The molecule has 0 saturated carbocycles. The lowest BCUT2D eigenvalue weighted by Crippen LogP contribution is -2.51. The van der Waals surface area contributed by atoms with Crippen molar-refractivity contribution in [1.29, 1.82) is 0 Å². The maximum atomic E-state index is 13.8. The first-order valence-electron chi connectivity index (χ1n) is 12.6. The predicted molar refractivity (Wildman–Crippen MR) is 154 cm³/mol. The Morgan fingerprint density at radius 2 is 1.58 bits per heavy atom. The van der Waals surface area contributed by atoms with E-state index < -0.39 is 28.5 Å². The zero-order valence-electron chi connectivity index (χ0n) is 21.9. The van der Waals surface area contributed by atoms with Gasteiger partial charge in [0.1, 0.15) is 12.6 Å². The van der Waals surface area contributed by atoms with Crippen LogP contribution in [0.3, 0.4) is 0 Å². The molecule has 0 aromatic heterocycles. The van der Waals surface area contributed by atoms with Gasteiger partial charge in [-0.2, -0.15) is 0 Å². The number of halogens is 1. The number of unbranched alkanes of at least 4 members (excludes halogenated alkanes) is 1. The van der Waals surface area contributed by atoms with Crippen molar-refractivity contribution in [2.75, 3.05) is 17.4 Å². The van der Waals surface area contributed by atoms with Crippen LogP contribution in [0.2, 0.25) is 0 Å². The number of rotatable bonds is 12. The van der Waals surface area contributed by atoms with Crippen molar-refractivity contribution in [3.63, 3.8) is 0 Å². The van der Waals surface area contributed by atoms with Crippen LogP contribution in [0.1, 0.15) is 37.8 Å². The molecule has 0 heterocycles. The fraction of sp³-hybridized carbons (Fsp3) is 0.310. The number of hydrogen-bond acceptors (Lipinski definition) is 4. The monoisotopic (exact) mass is 599 g/mol. The number of amides is 2. The first kappa shape index (κ1) is 29.4. The van der Waals surface area contributed by atoms with Crippen LogP contribution in [0.5, 0.6) is 0 Å². The van der Waals surface area contributed by atoms with Gasteiger partial charge in [0.2, 0.25) is 11.8 Å². The summed E-state index contributed by atoms with van der Waals surface area (Å²) in [5.74, 6) is -0.759. The molecule has 0 aliphatic heterocycles. The van der Waals surface area contributed by atoms with Crippen molar-refractivity contribution < 1.29 is 18.0 Å². The molecule has 0 saturated heterocycles. The average Bonchev–Trinajstić information content (AvgIpc) is 2.91. The van der Waals surface area contributed by atoms with Crippen molar-refractivity contribution in [2.45, 2.75) is 51.1 Å². The van der Waals surface area contributed by atoms with Crippen LogP contribution in [0.15, 0.2) is 88.2 Å². The summed E-state index contributed by atoms with van der Waals surface area (Å²) in [5.41, 5.74) is 2.11. The minimum Gasteiger partial charge on any atom is -0.354 e. The lowest BCUT2D eigenvalue weighted by Gasteiger charge is -2.32. The van der Waals surface area contributed by atoms with Crippen LogP contribution in [-0.2, 0) is 26.2 Å². The van der Waals surface area contributed by atoms with Gasteiger partial charge in [-0.15, -0.1) is 0 Å². The first-order valence-corrected chi connectivity index (χ1v) is 14.8. The topological polar surface area (TPSA) is 86.8 Å². The summed E-state index contributed by atoms with van der Waals surface area (Å²) in [6, 6.07) is 21.8. The Bertz CT molecular complexity index is 1310. The Hall–Kier alpha value is -3.17. The van der Waals surface area contributed by atoms with E-state index in [9.17, 15) is 18.0 Å². The van der Waals surface area contributed by atoms with Gasteiger partial charge in [-0.25, -0.2) is 8.42 Å². The molecule has 0 radical (unpaired) electrons. The molecule has 0 bridgehead atoms. The molecule has 0 aliphatic rings. The summed E-state index contributed by atoms with van der Waals surface area (Å²) in [4.78, 5) is 28.3. The Morgan fingerprint density at radius 3 is 2.18 bits per heavy atom. The highest BCUT2D eigenvalue weighted by Crippen LogP contribution is 2.26. The third-order valence-corrected chi connectivity index (χ3v) is 8.51. The zero-order valence-corrected chi connectivity index (χ0v) is 24.3. The number of sulfonamides is 1. The van der Waals surface area contributed by atoms with E-state index >= 15 is 0 Å². The van der Waals surface area contributed by atoms with Gasteiger partial charge in [-0.1, -0.05) is 77.3 Å². The van der Waals surface area contributed by atoms with E-state index in [4.69, 9.17) is 0 Å². The van der Waals surface area contributed by atoms with E-state index in [2.05, 4.69) is 21.2 Å². The number of anilines is 1. The molecular weight excluding hydrogens is 566 g/mol. The summed E-state index contributed by atoms with van der Waals surface area (Å²) in [5, 5.41) is 2.89. The zero-order chi connectivity index (χ0) is 27.7. The largest absolute Gasteiger partial charge is 0.354 e. The number of benzene rings is 3. The number of nitrogens with one attached hydrogen (secondary N) is 1. The Labute approximate surface area is 234 Å². The van der Waals surface area contributed by atoms with Crippen LogP contribution < -0.4 is 9.62 Å². The smallest absolute Gasteiger partial charge is 0.264 e. The molecule has 0 aliphatic carbocycles. The van der Waals surface area contributed by atoms with Gasteiger partial charge in [-0.3, -0.25) is 13.9 Å². The summed E-state index contributed by atoms with van der Waals surface area (Å²) in [6.45, 7) is 5.80. The quantitative estimate of drug-likeness (QED) is 0.287. The van der Waals surface area contributed by atoms with E-state index in [0.717, 1.165) is 32.7 Å². The van der Waals surface area contributed by atoms with Gasteiger partial charge in [0.05, 0.1) is 10.6 Å². The highest BCUT2D eigenvalue weighted by Gasteiger charge is 2.32. The van der Waals surface area contributed by atoms with E-state index in [1.807, 2.05) is 44.2 Å². The van der Waals surface area contributed by atoms with Crippen LogP contribution in [0.25, 0.3) is 0 Å².